The standard InChI is InChI=1S/C14H16BrNO2/c15-10-13(17)11-6-8-16(9-7-11)14(18)12-4-2-1-3-5-12/h1-5,11H,6-10H2. The summed E-state index contributed by atoms with van der Waals surface area (Å²) in [6, 6.07) is 9.30. The maximum atomic E-state index is 12.2. The fraction of sp³-hybridized carbons (Fsp3) is 0.429. The molecule has 0 aliphatic carbocycles. The zero-order valence-corrected chi connectivity index (χ0v) is 11.7. The molecule has 0 N–H and O–H groups in total. The summed E-state index contributed by atoms with van der Waals surface area (Å²) in [6.07, 6.45) is 1.56. The first-order chi connectivity index (χ1) is 8.72. The highest BCUT2D eigenvalue weighted by Gasteiger charge is 2.26. The number of hydrogen-bond acceptors (Lipinski definition) is 2. The number of benzene rings is 1. The van der Waals surface area contributed by atoms with Gasteiger partial charge in [-0.1, -0.05) is 34.1 Å². The molecular formula is C14H16BrNO2. The Kier molecular flexibility index (Phi) is 4.53. The van der Waals surface area contributed by atoms with Gasteiger partial charge in [0.1, 0.15) is 5.78 Å². The minimum absolute atomic E-state index is 0.0698. The van der Waals surface area contributed by atoms with Gasteiger partial charge in [-0.15, -0.1) is 0 Å². The fourth-order valence-electron chi connectivity index (χ4n) is 2.28. The lowest BCUT2D eigenvalue weighted by Crippen LogP contribution is -2.40. The van der Waals surface area contributed by atoms with Crippen molar-refractivity contribution >= 4 is 27.6 Å². The van der Waals surface area contributed by atoms with Gasteiger partial charge in [0, 0.05) is 24.6 Å². The Bertz CT molecular complexity index is 425. The highest BCUT2D eigenvalue weighted by Crippen LogP contribution is 2.20. The normalized spacial score (nSPS) is 16.6. The number of carbonyl (C=O) groups excluding carboxylic acids is 2. The van der Waals surface area contributed by atoms with Gasteiger partial charge in [0.2, 0.25) is 0 Å². The van der Waals surface area contributed by atoms with E-state index in [1.165, 1.54) is 0 Å². The van der Waals surface area contributed by atoms with Crippen LogP contribution in [0.25, 0.3) is 0 Å². The third kappa shape index (κ3) is 2.99. The highest BCUT2D eigenvalue weighted by molar-refractivity contribution is 9.09. The Morgan fingerprint density at radius 1 is 1.17 bits per heavy atom. The Morgan fingerprint density at radius 3 is 2.33 bits per heavy atom. The van der Waals surface area contributed by atoms with Gasteiger partial charge in [-0.05, 0) is 25.0 Å². The van der Waals surface area contributed by atoms with Crippen LogP contribution in [0.2, 0.25) is 0 Å². The number of rotatable bonds is 3. The summed E-state index contributed by atoms with van der Waals surface area (Å²) >= 11 is 3.20. The summed E-state index contributed by atoms with van der Waals surface area (Å²) in [7, 11) is 0. The van der Waals surface area contributed by atoms with Crippen LogP contribution in [-0.2, 0) is 4.79 Å². The van der Waals surface area contributed by atoms with Crippen molar-refractivity contribution < 1.29 is 9.59 Å². The van der Waals surface area contributed by atoms with E-state index in [1.54, 1.807) is 0 Å². The summed E-state index contributed by atoms with van der Waals surface area (Å²) in [4.78, 5) is 25.6. The summed E-state index contributed by atoms with van der Waals surface area (Å²) in [6.45, 7) is 1.36. The van der Waals surface area contributed by atoms with E-state index in [9.17, 15) is 9.59 Å². The third-order valence-electron chi connectivity index (χ3n) is 3.39. The van der Waals surface area contributed by atoms with Gasteiger partial charge in [-0.2, -0.15) is 0 Å². The second-order valence-electron chi connectivity index (χ2n) is 4.53. The smallest absolute Gasteiger partial charge is 0.253 e. The average Bonchev–Trinajstić information content (AvgIpc) is 2.47. The molecule has 1 fully saturated rings. The van der Waals surface area contributed by atoms with Crippen molar-refractivity contribution in [1.82, 2.24) is 4.90 Å². The molecule has 1 amide bonds. The van der Waals surface area contributed by atoms with E-state index < -0.39 is 0 Å². The van der Waals surface area contributed by atoms with E-state index in [0.717, 1.165) is 18.4 Å². The monoisotopic (exact) mass is 309 g/mol. The zero-order valence-electron chi connectivity index (χ0n) is 10.1. The van der Waals surface area contributed by atoms with Crippen LogP contribution in [-0.4, -0.2) is 35.0 Å². The molecule has 1 saturated heterocycles. The summed E-state index contributed by atoms with van der Waals surface area (Å²) in [5.41, 5.74) is 0.725. The lowest BCUT2D eigenvalue weighted by atomic mass is 9.93. The van der Waals surface area contributed by atoms with Crippen LogP contribution < -0.4 is 0 Å². The maximum Gasteiger partial charge on any atom is 0.253 e. The average molecular weight is 310 g/mol. The lowest BCUT2D eigenvalue weighted by molar-refractivity contribution is -0.121. The van der Waals surface area contributed by atoms with E-state index in [4.69, 9.17) is 0 Å². The first-order valence-electron chi connectivity index (χ1n) is 6.15. The van der Waals surface area contributed by atoms with Crippen molar-refractivity contribution in [2.24, 2.45) is 5.92 Å². The quantitative estimate of drug-likeness (QED) is 0.805. The molecule has 0 unspecified atom stereocenters. The van der Waals surface area contributed by atoms with E-state index in [-0.39, 0.29) is 17.6 Å². The van der Waals surface area contributed by atoms with Gasteiger partial charge in [-0.3, -0.25) is 9.59 Å². The molecule has 0 atom stereocenters. The number of amides is 1. The van der Waals surface area contributed by atoms with Gasteiger partial charge < -0.3 is 4.90 Å². The second kappa shape index (κ2) is 6.14. The number of Topliss-reactive ketones (excluding diaryl/α,β-unsaturated/α-hetero) is 1. The molecule has 0 saturated carbocycles. The molecule has 18 heavy (non-hydrogen) atoms. The summed E-state index contributed by atoms with van der Waals surface area (Å²) in [5.74, 6) is 0.436. The Balaban J connectivity index is 1.94. The predicted octanol–water partition coefficient (Wildman–Crippen LogP) is 2.50. The summed E-state index contributed by atoms with van der Waals surface area (Å²) in [5, 5.41) is 0.421. The topological polar surface area (TPSA) is 37.4 Å². The Morgan fingerprint density at radius 2 is 1.78 bits per heavy atom. The van der Waals surface area contributed by atoms with Gasteiger partial charge in [-0.25, -0.2) is 0 Å². The molecule has 3 nitrogen and oxygen atoms in total. The second-order valence-corrected chi connectivity index (χ2v) is 5.09. The van der Waals surface area contributed by atoms with Crippen molar-refractivity contribution in [2.45, 2.75) is 12.8 Å². The Labute approximate surface area is 115 Å². The SMILES string of the molecule is O=C(CBr)C1CCN(C(=O)c2ccccc2)CC1. The van der Waals surface area contributed by atoms with Gasteiger partial charge in [0.25, 0.3) is 5.91 Å². The van der Waals surface area contributed by atoms with Crippen LogP contribution in [0.1, 0.15) is 23.2 Å². The van der Waals surface area contributed by atoms with E-state index in [2.05, 4.69) is 15.9 Å². The van der Waals surface area contributed by atoms with E-state index in [1.807, 2.05) is 35.2 Å². The predicted molar refractivity (Wildman–Crippen MR) is 73.9 cm³/mol. The van der Waals surface area contributed by atoms with E-state index in [0.29, 0.717) is 18.4 Å². The first-order valence-corrected chi connectivity index (χ1v) is 7.27. The number of ketones is 1. The van der Waals surface area contributed by atoms with Crippen molar-refractivity contribution in [2.75, 3.05) is 18.4 Å². The zero-order chi connectivity index (χ0) is 13.0. The number of piperidine rings is 1. The van der Waals surface area contributed by atoms with Gasteiger partial charge in [0.05, 0.1) is 5.33 Å². The number of alkyl halides is 1. The molecule has 0 aromatic heterocycles. The summed E-state index contributed by atoms with van der Waals surface area (Å²) < 4.78 is 0. The van der Waals surface area contributed by atoms with Crippen LogP contribution in [0.3, 0.4) is 0 Å². The largest absolute Gasteiger partial charge is 0.339 e. The van der Waals surface area contributed by atoms with Crippen LogP contribution in [0.5, 0.6) is 0 Å². The number of hydrogen-bond donors (Lipinski definition) is 0. The van der Waals surface area contributed by atoms with Crippen molar-refractivity contribution in [1.29, 1.82) is 0 Å². The fourth-order valence-corrected chi connectivity index (χ4v) is 2.73. The molecule has 0 spiro atoms. The molecule has 0 bridgehead atoms. The van der Waals surface area contributed by atoms with E-state index >= 15 is 0 Å². The number of likely N-dealkylation sites (tertiary alicyclic amines) is 1. The molecule has 1 aromatic carbocycles. The first kappa shape index (κ1) is 13.3. The van der Waals surface area contributed by atoms with Crippen molar-refractivity contribution in [3.8, 4) is 0 Å². The van der Waals surface area contributed by atoms with Crippen LogP contribution in [0.15, 0.2) is 30.3 Å². The van der Waals surface area contributed by atoms with Crippen LogP contribution in [0, 0.1) is 5.92 Å². The van der Waals surface area contributed by atoms with Crippen LogP contribution in [0.4, 0.5) is 0 Å². The molecule has 96 valence electrons. The minimum Gasteiger partial charge on any atom is -0.339 e. The lowest BCUT2D eigenvalue weighted by Gasteiger charge is -2.31. The molecule has 4 heteroatoms. The third-order valence-corrected chi connectivity index (χ3v) is 3.94. The van der Waals surface area contributed by atoms with Gasteiger partial charge in [0.15, 0.2) is 0 Å². The molecule has 1 aliphatic rings. The number of nitrogens with zero attached hydrogens (tertiary/aromatic N) is 1. The van der Waals surface area contributed by atoms with Gasteiger partial charge >= 0.3 is 0 Å². The molecule has 1 aromatic rings. The van der Waals surface area contributed by atoms with Crippen molar-refractivity contribution in [3.05, 3.63) is 35.9 Å². The maximum absolute atomic E-state index is 12.2. The molecule has 0 radical (unpaired) electrons. The Hall–Kier alpha value is -1.16. The molecule has 1 heterocycles. The van der Waals surface area contributed by atoms with Crippen LogP contribution >= 0.6 is 15.9 Å². The number of carbonyl (C=O) groups is 2. The number of halogens is 1. The highest BCUT2D eigenvalue weighted by atomic mass is 79.9. The molecule has 1 aliphatic heterocycles. The molecule has 2 rings (SSSR count). The van der Waals surface area contributed by atoms with Crippen molar-refractivity contribution in [3.63, 3.8) is 0 Å². The minimum atomic E-state index is 0.0698. The molecular weight excluding hydrogens is 294 g/mol.